The zero-order valence-corrected chi connectivity index (χ0v) is 15.3. The number of urea groups is 1. The van der Waals surface area contributed by atoms with E-state index in [1.807, 2.05) is 46.7 Å². The van der Waals surface area contributed by atoms with Crippen LogP contribution in [0.2, 0.25) is 0 Å². The van der Waals surface area contributed by atoms with E-state index in [2.05, 4.69) is 10.6 Å². The largest absolute Gasteiger partial charge is 0.496 e. The van der Waals surface area contributed by atoms with E-state index in [9.17, 15) is 9.59 Å². The predicted octanol–water partition coefficient (Wildman–Crippen LogP) is 2.60. The van der Waals surface area contributed by atoms with Gasteiger partial charge in [0.1, 0.15) is 5.75 Å². The molecule has 0 aliphatic rings. The number of carbonyl (C=O) groups excluding carboxylic acids is 2. The van der Waals surface area contributed by atoms with Crippen LogP contribution in [0, 0.1) is 0 Å². The van der Waals surface area contributed by atoms with Crippen molar-refractivity contribution in [3.8, 4) is 5.75 Å². The van der Waals surface area contributed by atoms with Crippen LogP contribution in [0.15, 0.2) is 41.8 Å². The number of para-hydroxylation sites is 1. The number of nitrogens with one attached hydrogen (secondary N) is 2. The lowest BCUT2D eigenvalue weighted by Crippen LogP contribution is -2.44. The highest BCUT2D eigenvalue weighted by Crippen LogP contribution is 2.21. The fourth-order valence-electron chi connectivity index (χ4n) is 2.44. The van der Waals surface area contributed by atoms with E-state index in [-0.39, 0.29) is 12.5 Å². The molecule has 7 heteroatoms. The Kier molecular flexibility index (Phi) is 7.43. The fraction of sp³-hybridized carbons (Fsp3) is 0.333. The summed E-state index contributed by atoms with van der Waals surface area (Å²) in [6.07, 6.45) is 0. The quantitative estimate of drug-likeness (QED) is 0.758. The van der Waals surface area contributed by atoms with Crippen LogP contribution in [0.3, 0.4) is 0 Å². The lowest BCUT2D eigenvalue weighted by molar-refractivity contribution is -0.121. The number of amides is 3. The van der Waals surface area contributed by atoms with Gasteiger partial charge >= 0.3 is 6.03 Å². The molecule has 2 rings (SSSR count). The van der Waals surface area contributed by atoms with Gasteiger partial charge in [-0.25, -0.2) is 4.79 Å². The summed E-state index contributed by atoms with van der Waals surface area (Å²) in [4.78, 5) is 26.8. The Bertz CT molecular complexity index is 689. The minimum atomic E-state index is -0.471. The van der Waals surface area contributed by atoms with Gasteiger partial charge in [0.25, 0.3) is 0 Å². The maximum absolute atomic E-state index is 12.2. The van der Waals surface area contributed by atoms with Gasteiger partial charge in [-0.2, -0.15) is 0 Å². The van der Waals surface area contributed by atoms with Crippen LogP contribution in [0.4, 0.5) is 4.79 Å². The maximum Gasteiger partial charge on any atom is 0.321 e. The number of hydrogen-bond donors (Lipinski definition) is 2. The first-order valence-electron chi connectivity index (χ1n) is 8.06. The van der Waals surface area contributed by atoms with Gasteiger partial charge < -0.3 is 10.1 Å². The monoisotopic (exact) mass is 361 g/mol. The molecule has 0 saturated heterocycles. The highest BCUT2D eigenvalue weighted by atomic mass is 32.1. The highest BCUT2D eigenvalue weighted by molar-refractivity contribution is 7.09. The molecule has 0 fully saturated rings. The maximum atomic E-state index is 12.2. The Labute approximate surface area is 151 Å². The zero-order valence-electron chi connectivity index (χ0n) is 14.5. The topological polar surface area (TPSA) is 70.7 Å². The first kappa shape index (κ1) is 19.0. The molecular weight excluding hydrogens is 338 g/mol. The fourth-order valence-corrected chi connectivity index (χ4v) is 3.19. The average molecular weight is 361 g/mol. The van der Waals surface area contributed by atoms with E-state index in [1.54, 1.807) is 25.4 Å². The molecule has 1 aromatic heterocycles. The summed E-state index contributed by atoms with van der Waals surface area (Å²) >= 11 is 1.64. The van der Waals surface area contributed by atoms with Crippen molar-refractivity contribution in [2.45, 2.75) is 20.0 Å². The smallest absolute Gasteiger partial charge is 0.321 e. The molecule has 2 aromatic rings. The lowest BCUT2D eigenvalue weighted by atomic mass is 10.2. The Morgan fingerprint density at radius 2 is 1.96 bits per heavy atom. The van der Waals surface area contributed by atoms with E-state index >= 15 is 0 Å². The van der Waals surface area contributed by atoms with Gasteiger partial charge in [-0.05, 0) is 24.4 Å². The lowest BCUT2D eigenvalue weighted by Gasteiger charge is -2.22. The number of carbonyl (C=O) groups is 2. The normalized spacial score (nSPS) is 10.5. The van der Waals surface area contributed by atoms with Crippen molar-refractivity contribution in [3.05, 3.63) is 52.2 Å². The zero-order chi connectivity index (χ0) is 18.1. The summed E-state index contributed by atoms with van der Waals surface area (Å²) in [5, 5.41) is 6.91. The predicted molar refractivity (Wildman–Crippen MR) is 98.6 cm³/mol. The molecule has 25 heavy (non-hydrogen) atoms. The van der Waals surface area contributed by atoms with E-state index in [4.69, 9.17) is 4.74 Å². The molecule has 0 saturated carbocycles. The second-order valence-electron chi connectivity index (χ2n) is 5.44. The van der Waals surface area contributed by atoms with Crippen molar-refractivity contribution < 1.29 is 14.3 Å². The first-order valence-corrected chi connectivity index (χ1v) is 8.94. The number of rotatable bonds is 8. The van der Waals surface area contributed by atoms with Crippen molar-refractivity contribution >= 4 is 23.3 Å². The van der Waals surface area contributed by atoms with Crippen molar-refractivity contribution in [1.82, 2.24) is 15.5 Å². The van der Waals surface area contributed by atoms with Crippen LogP contribution >= 0.6 is 11.3 Å². The van der Waals surface area contributed by atoms with Crippen LogP contribution in [0.25, 0.3) is 0 Å². The summed E-state index contributed by atoms with van der Waals surface area (Å²) in [5.41, 5.74) is 0.993. The van der Waals surface area contributed by atoms with Gasteiger partial charge in [0, 0.05) is 30.1 Å². The number of thiophene rings is 1. The second-order valence-corrected chi connectivity index (χ2v) is 6.48. The summed E-state index contributed by atoms with van der Waals surface area (Å²) in [7, 11) is 1.63. The van der Waals surface area contributed by atoms with Crippen molar-refractivity contribution in [2.75, 3.05) is 20.2 Å². The minimum absolute atomic E-state index is 0.118. The molecule has 2 N–H and O–H groups in total. The summed E-state index contributed by atoms with van der Waals surface area (Å²) < 4.78 is 5.39. The van der Waals surface area contributed by atoms with E-state index in [0.29, 0.717) is 19.6 Å². The average Bonchev–Trinajstić information content (AvgIpc) is 3.08. The Morgan fingerprint density at radius 3 is 2.64 bits per heavy atom. The first-order chi connectivity index (χ1) is 12.1. The summed E-state index contributed by atoms with van der Waals surface area (Å²) in [5.74, 6) is 0.445. The number of methoxy groups -OCH3 is 1. The van der Waals surface area contributed by atoms with Crippen LogP contribution in [0.5, 0.6) is 5.75 Å². The number of nitrogens with zero attached hydrogens (tertiary/aromatic N) is 1. The Hall–Kier alpha value is -2.38. The minimum Gasteiger partial charge on any atom is -0.496 e. The summed E-state index contributed by atoms with van der Waals surface area (Å²) in [6, 6.07) is 11.3. The van der Waals surface area contributed by atoms with Gasteiger partial charge in [0.2, 0.25) is 5.91 Å². The molecule has 0 aliphatic carbocycles. The number of benzene rings is 1. The van der Waals surface area contributed by atoms with Crippen LogP contribution in [0.1, 0.15) is 17.4 Å². The van der Waals surface area contributed by atoms with Crippen molar-refractivity contribution in [2.24, 2.45) is 0 Å². The molecule has 0 radical (unpaired) electrons. The number of ether oxygens (including phenoxy) is 1. The molecular formula is C18H23N3O3S. The van der Waals surface area contributed by atoms with E-state index in [0.717, 1.165) is 16.2 Å². The third-order valence-electron chi connectivity index (χ3n) is 3.50. The number of hydrogen-bond acceptors (Lipinski definition) is 5. The molecule has 0 spiro atoms. The van der Waals surface area contributed by atoms with Crippen LogP contribution < -0.4 is 15.4 Å². The molecule has 1 aromatic carbocycles. The summed E-state index contributed by atoms with van der Waals surface area (Å²) in [6.45, 7) is 3.56. The standard InChI is InChI=1S/C18H23N3O3S/c1-3-19-18(23)20-17(22)13-21(12-15-8-6-10-25-15)11-14-7-4-5-9-16(14)24-2/h4-10H,3,11-13H2,1-2H3,(H2,19,20,22,23). The second kappa shape index (κ2) is 9.80. The highest BCUT2D eigenvalue weighted by Gasteiger charge is 2.16. The molecule has 0 atom stereocenters. The molecule has 134 valence electrons. The molecule has 0 unspecified atom stereocenters. The van der Waals surface area contributed by atoms with Gasteiger partial charge in [-0.3, -0.25) is 15.0 Å². The Balaban J connectivity index is 2.07. The van der Waals surface area contributed by atoms with Crippen molar-refractivity contribution in [1.29, 1.82) is 0 Å². The molecule has 0 aliphatic heterocycles. The molecule has 3 amide bonds. The molecule has 1 heterocycles. The van der Waals surface area contributed by atoms with Gasteiger partial charge in [0.05, 0.1) is 13.7 Å². The van der Waals surface area contributed by atoms with Gasteiger partial charge in [0.15, 0.2) is 0 Å². The van der Waals surface area contributed by atoms with E-state index < -0.39 is 6.03 Å². The van der Waals surface area contributed by atoms with Crippen molar-refractivity contribution in [3.63, 3.8) is 0 Å². The third kappa shape index (κ3) is 6.21. The van der Waals surface area contributed by atoms with Gasteiger partial charge in [-0.15, -0.1) is 11.3 Å². The Morgan fingerprint density at radius 1 is 1.16 bits per heavy atom. The third-order valence-corrected chi connectivity index (χ3v) is 4.36. The van der Waals surface area contributed by atoms with E-state index in [1.165, 1.54) is 0 Å². The van der Waals surface area contributed by atoms with Gasteiger partial charge in [-0.1, -0.05) is 24.3 Å². The number of imide groups is 1. The SMILES string of the molecule is CCNC(=O)NC(=O)CN(Cc1cccs1)Cc1ccccc1OC. The van der Waals surface area contributed by atoms with Crippen LogP contribution in [-0.4, -0.2) is 37.0 Å². The van der Waals surface area contributed by atoms with Crippen LogP contribution in [-0.2, 0) is 17.9 Å². The molecule has 6 nitrogen and oxygen atoms in total. The molecule has 0 bridgehead atoms.